The molecule has 0 spiro atoms. The Morgan fingerprint density at radius 2 is 1.65 bits per heavy atom. The second-order valence-electron chi connectivity index (χ2n) is 5.64. The van der Waals surface area contributed by atoms with E-state index in [1.807, 2.05) is 12.1 Å². The van der Waals surface area contributed by atoms with Crippen molar-refractivity contribution in [1.29, 1.82) is 0 Å². The average Bonchev–Trinajstić information content (AvgIpc) is 2.58. The van der Waals surface area contributed by atoms with Crippen LogP contribution in [0.25, 0.3) is 0 Å². The maximum absolute atomic E-state index is 11.2. The number of anilines is 1. The summed E-state index contributed by atoms with van der Waals surface area (Å²) in [6.07, 6.45) is 0. The topological polar surface area (TPSA) is 49.6 Å². The molecule has 0 radical (unpaired) electrons. The smallest absolute Gasteiger partial charge is 0.292 e. The minimum Gasteiger partial charge on any atom is -0.363 e. The van der Waals surface area contributed by atoms with Gasteiger partial charge in [0, 0.05) is 43.3 Å². The van der Waals surface area contributed by atoms with E-state index in [0.29, 0.717) is 0 Å². The van der Waals surface area contributed by atoms with E-state index in [0.717, 1.165) is 42.9 Å². The molecule has 1 heterocycles. The Bertz CT molecular complexity index is 682. The van der Waals surface area contributed by atoms with Crippen molar-refractivity contribution >= 4 is 27.3 Å². The van der Waals surface area contributed by atoms with Gasteiger partial charge in [-0.05, 0) is 23.8 Å². The second kappa shape index (κ2) is 7.10. The lowest BCUT2D eigenvalue weighted by atomic mass is 10.2. The van der Waals surface area contributed by atoms with Crippen molar-refractivity contribution in [3.05, 3.63) is 68.7 Å². The first-order valence-electron chi connectivity index (χ1n) is 7.58. The van der Waals surface area contributed by atoms with Crippen LogP contribution in [-0.4, -0.2) is 36.0 Å². The Labute approximate surface area is 143 Å². The van der Waals surface area contributed by atoms with Crippen molar-refractivity contribution < 1.29 is 4.92 Å². The zero-order chi connectivity index (χ0) is 16.2. The van der Waals surface area contributed by atoms with Gasteiger partial charge >= 0.3 is 0 Å². The third-order valence-electron chi connectivity index (χ3n) is 4.11. The summed E-state index contributed by atoms with van der Waals surface area (Å²) in [6.45, 7) is 4.34. The molecule has 23 heavy (non-hydrogen) atoms. The van der Waals surface area contributed by atoms with Crippen molar-refractivity contribution in [3.8, 4) is 0 Å². The highest BCUT2D eigenvalue weighted by Gasteiger charge is 2.23. The summed E-state index contributed by atoms with van der Waals surface area (Å²) in [5.74, 6) is 0. The van der Waals surface area contributed by atoms with E-state index >= 15 is 0 Å². The Kier molecular flexibility index (Phi) is 4.93. The van der Waals surface area contributed by atoms with Crippen molar-refractivity contribution in [3.63, 3.8) is 0 Å². The quantitative estimate of drug-likeness (QED) is 0.604. The second-order valence-corrected chi connectivity index (χ2v) is 6.55. The molecule has 0 bridgehead atoms. The molecule has 0 aliphatic carbocycles. The van der Waals surface area contributed by atoms with Gasteiger partial charge in [0.15, 0.2) is 0 Å². The average molecular weight is 376 g/mol. The van der Waals surface area contributed by atoms with Crippen molar-refractivity contribution in [2.24, 2.45) is 0 Å². The van der Waals surface area contributed by atoms with Gasteiger partial charge in [0.05, 0.1) is 4.92 Å². The Morgan fingerprint density at radius 1 is 1.00 bits per heavy atom. The van der Waals surface area contributed by atoms with Crippen LogP contribution in [0.1, 0.15) is 5.56 Å². The summed E-state index contributed by atoms with van der Waals surface area (Å²) >= 11 is 3.45. The van der Waals surface area contributed by atoms with Crippen LogP contribution >= 0.6 is 15.9 Å². The van der Waals surface area contributed by atoms with Gasteiger partial charge in [0.2, 0.25) is 0 Å². The van der Waals surface area contributed by atoms with Crippen LogP contribution in [0.15, 0.2) is 53.0 Å². The summed E-state index contributed by atoms with van der Waals surface area (Å²) in [6, 6.07) is 15.3. The Morgan fingerprint density at radius 3 is 2.30 bits per heavy atom. The number of rotatable bonds is 4. The first-order valence-corrected chi connectivity index (χ1v) is 8.38. The summed E-state index contributed by atoms with van der Waals surface area (Å²) in [5.41, 5.74) is 2.20. The third-order valence-corrected chi connectivity index (χ3v) is 4.64. The van der Waals surface area contributed by atoms with Crippen LogP contribution in [0.3, 0.4) is 0 Å². The van der Waals surface area contributed by atoms with E-state index in [1.165, 1.54) is 5.56 Å². The molecule has 1 aliphatic rings. The van der Waals surface area contributed by atoms with E-state index in [9.17, 15) is 10.1 Å². The molecule has 120 valence electrons. The number of nitro groups is 1. The molecule has 1 saturated heterocycles. The molecule has 2 aromatic carbocycles. The number of halogens is 1. The van der Waals surface area contributed by atoms with Crippen LogP contribution < -0.4 is 4.90 Å². The molecule has 1 fully saturated rings. The Balaban J connectivity index is 1.62. The van der Waals surface area contributed by atoms with Crippen LogP contribution in [0.4, 0.5) is 11.4 Å². The predicted molar refractivity (Wildman–Crippen MR) is 94.7 cm³/mol. The van der Waals surface area contributed by atoms with Gasteiger partial charge in [-0.1, -0.05) is 40.2 Å². The van der Waals surface area contributed by atoms with E-state index < -0.39 is 0 Å². The molecule has 0 aromatic heterocycles. The number of nitro benzene ring substituents is 1. The highest BCUT2D eigenvalue weighted by atomic mass is 79.9. The van der Waals surface area contributed by atoms with Crippen LogP contribution in [0, 0.1) is 10.1 Å². The zero-order valence-electron chi connectivity index (χ0n) is 12.7. The lowest BCUT2D eigenvalue weighted by Gasteiger charge is -2.35. The molecule has 2 aromatic rings. The Hall–Kier alpha value is -1.92. The molecular formula is C17H18BrN3O2. The summed E-state index contributed by atoms with van der Waals surface area (Å²) in [7, 11) is 0. The number of nitrogens with zero attached hydrogens (tertiary/aromatic N) is 3. The standard InChI is InChI=1S/C17H18BrN3O2/c18-15-7-5-14(6-8-15)13-19-9-11-20(12-10-19)16-3-1-2-4-17(16)21(22)23/h1-8H,9-13H2. The molecule has 5 nitrogen and oxygen atoms in total. The van der Waals surface area contributed by atoms with Gasteiger partial charge in [-0.25, -0.2) is 0 Å². The molecular weight excluding hydrogens is 358 g/mol. The molecule has 0 atom stereocenters. The number of hydrogen-bond donors (Lipinski definition) is 0. The molecule has 0 amide bonds. The van der Waals surface area contributed by atoms with Crippen molar-refractivity contribution in [2.75, 3.05) is 31.1 Å². The minimum absolute atomic E-state index is 0.189. The molecule has 0 N–H and O–H groups in total. The van der Waals surface area contributed by atoms with E-state index in [4.69, 9.17) is 0 Å². The first-order chi connectivity index (χ1) is 11.1. The normalized spacial score (nSPS) is 15.6. The molecule has 6 heteroatoms. The highest BCUT2D eigenvalue weighted by Crippen LogP contribution is 2.28. The number of hydrogen-bond acceptors (Lipinski definition) is 4. The third kappa shape index (κ3) is 3.89. The van der Waals surface area contributed by atoms with Gasteiger partial charge in [-0.2, -0.15) is 0 Å². The van der Waals surface area contributed by atoms with Gasteiger partial charge < -0.3 is 4.90 Å². The number of para-hydroxylation sites is 2. The van der Waals surface area contributed by atoms with E-state index in [-0.39, 0.29) is 10.6 Å². The maximum atomic E-state index is 11.2. The fourth-order valence-electron chi connectivity index (χ4n) is 2.88. The van der Waals surface area contributed by atoms with Crippen molar-refractivity contribution in [2.45, 2.75) is 6.54 Å². The van der Waals surface area contributed by atoms with Crippen molar-refractivity contribution in [1.82, 2.24) is 4.90 Å². The van der Waals surface area contributed by atoms with E-state index in [1.54, 1.807) is 12.1 Å². The first kappa shape index (κ1) is 16.0. The monoisotopic (exact) mass is 375 g/mol. The minimum atomic E-state index is -0.302. The highest BCUT2D eigenvalue weighted by molar-refractivity contribution is 9.10. The fraction of sp³-hybridized carbons (Fsp3) is 0.294. The SMILES string of the molecule is O=[N+]([O-])c1ccccc1N1CCN(Cc2ccc(Br)cc2)CC1. The lowest BCUT2D eigenvalue weighted by Crippen LogP contribution is -2.46. The fourth-order valence-corrected chi connectivity index (χ4v) is 3.15. The van der Waals surface area contributed by atoms with Crippen LogP contribution in [0.2, 0.25) is 0 Å². The van der Waals surface area contributed by atoms with Crippen LogP contribution in [0.5, 0.6) is 0 Å². The molecule has 0 unspecified atom stereocenters. The summed E-state index contributed by atoms with van der Waals surface area (Å²) in [4.78, 5) is 15.4. The number of piperazine rings is 1. The molecule has 0 saturated carbocycles. The van der Waals surface area contributed by atoms with E-state index in [2.05, 4.69) is 50.0 Å². The lowest BCUT2D eigenvalue weighted by molar-refractivity contribution is -0.384. The van der Waals surface area contributed by atoms with Gasteiger partial charge in [0.1, 0.15) is 5.69 Å². The number of benzene rings is 2. The summed E-state index contributed by atoms with van der Waals surface area (Å²) < 4.78 is 1.09. The maximum Gasteiger partial charge on any atom is 0.292 e. The van der Waals surface area contributed by atoms with Crippen LogP contribution in [-0.2, 0) is 6.54 Å². The summed E-state index contributed by atoms with van der Waals surface area (Å²) in [5, 5.41) is 11.2. The largest absolute Gasteiger partial charge is 0.363 e. The zero-order valence-corrected chi connectivity index (χ0v) is 14.3. The molecule has 1 aliphatic heterocycles. The molecule has 3 rings (SSSR count). The predicted octanol–water partition coefficient (Wildman–Crippen LogP) is 3.68. The van der Waals surface area contributed by atoms with Gasteiger partial charge in [0.25, 0.3) is 5.69 Å². The van der Waals surface area contributed by atoms with Gasteiger partial charge in [-0.15, -0.1) is 0 Å². The van der Waals surface area contributed by atoms with Gasteiger partial charge in [-0.3, -0.25) is 15.0 Å².